The summed E-state index contributed by atoms with van der Waals surface area (Å²) in [4.78, 5) is 10.5. The van der Waals surface area contributed by atoms with Crippen molar-refractivity contribution in [3.8, 4) is 0 Å². The topological polar surface area (TPSA) is 140 Å². The highest BCUT2D eigenvalue weighted by molar-refractivity contribution is 8.05. The molecule has 0 saturated heterocycles. The van der Waals surface area contributed by atoms with Gasteiger partial charge in [0, 0.05) is 23.1 Å². The molecule has 2 aromatic carbocycles. The van der Waals surface area contributed by atoms with E-state index in [0.717, 1.165) is 24.3 Å². The molecule has 10 nitrogen and oxygen atoms in total. The lowest BCUT2D eigenvalue weighted by Gasteiger charge is -2.31. The highest BCUT2D eigenvalue weighted by Crippen LogP contribution is 2.34. The van der Waals surface area contributed by atoms with Crippen LogP contribution in [0.4, 0.5) is 15.9 Å². The van der Waals surface area contributed by atoms with E-state index in [2.05, 4.69) is 13.6 Å². The molecular weight excluding hydrogens is 509 g/mol. The maximum Gasteiger partial charge on any atom is 0.290 e. The van der Waals surface area contributed by atoms with Crippen molar-refractivity contribution in [2.75, 3.05) is 4.72 Å². The normalized spacial score (nSPS) is 14.1. The lowest BCUT2D eigenvalue weighted by Crippen LogP contribution is -2.29. The van der Waals surface area contributed by atoms with Gasteiger partial charge in [-0.25, -0.2) is 8.75 Å². The number of nitro groups is 1. The molecule has 0 aliphatic carbocycles. The molecule has 1 heterocycles. The minimum absolute atomic E-state index is 0.161. The van der Waals surface area contributed by atoms with Crippen molar-refractivity contribution >= 4 is 31.3 Å². The van der Waals surface area contributed by atoms with E-state index in [-0.39, 0.29) is 21.8 Å². The number of aromatic nitrogens is 1. The largest absolute Gasteiger partial charge is 0.363 e. The molecule has 3 rings (SSSR count). The highest BCUT2D eigenvalue weighted by Gasteiger charge is 2.29. The molecule has 0 aliphatic heterocycles. The van der Waals surface area contributed by atoms with Crippen molar-refractivity contribution in [2.24, 2.45) is 13.5 Å². The molecule has 1 N–H and O–H groups in total. The smallest absolute Gasteiger partial charge is 0.290 e. The van der Waals surface area contributed by atoms with Crippen LogP contribution in [0.1, 0.15) is 41.0 Å². The van der Waals surface area contributed by atoms with Gasteiger partial charge in [0.2, 0.25) is 0 Å². The van der Waals surface area contributed by atoms with Crippen LogP contribution in [0.5, 0.6) is 0 Å². The van der Waals surface area contributed by atoms with Gasteiger partial charge in [-0.1, -0.05) is 25.9 Å². The number of halogens is 1. The predicted molar refractivity (Wildman–Crippen MR) is 135 cm³/mol. The van der Waals surface area contributed by atoms with Crippen LogP contribution in [-0.2, 0) is 19.8 Å². The Kier molecular flexibility index (Phi) is 7.55. The number of hydrogen-bond donors (Lipinski definition) is 1. The van der Waals surface area contributed by atoms with E-state index in [1.54, 1.807) is 0 Å². The minimum atomic E-state index is -4.41. The predicted octanol–water partition coefficient (Wildman–Crippen LogP) is 6.23. The average Bonchev–Trinajstić information content (AvgIpc) is 3.24. The number of hydrogen-bond acceptors (Lipinski definition) is 7. The Balaban J connectivity index is 2.37. The zero-order chi connectivity index (χ0) is 26.8. The van der Waals surface area contributed by atoms with Crippen LogP contribution < -0.4 is 4.72 Å². The highest BCUT2D eigenvalue weighted by atomic mass is 32.3. The van der Waals surface area contributed by atoms with Gasteiger partial charge < -0.3 is 4.52 Å². The Labute approximate surface area is 210 Å². The second kappa shape index (κ2) is 9.97. The first-order valence-electron chi connectivity index (χ1n) is 10.9. The Hall–Kier alpha value is -3.32. The number of nitro benzene ring substituents is 1. The number of nitrogens with one attached hydrogen (secondary N) is 1. The molecule has 0 bridgehead atoms. The number of benzene rings is 2. The number of rotatable bonds is 8. The third-order valence-corrected chi connectivity index (χ3v) is 9.42. The average molecular weight is 538 g/mol. The van der Waals surface area contributed by atoms with Crippen LogP contribution in [0.2, 0.25) is 0 Å². The van der Waals surface area contributed by atoms with Gasteiger partial charge in [0.25, 0.3) is 15.7 Å². The molecule has 0 fully saturated rings. The summed E-state index contributed by atoms with van der Waals surface area (Å²) in [6, 6.07) is 11.1. The number of nitrogens with zero attached hydrogens (tertiary/aromatic N) is 4. The third-order valence-electron chi connectivity index (χ3n) is 4.72. The number of non-ortho nitro benzene ring substituents is 1. The fourth-order valence-corrected chi connectivity index (χ4v) is 8.41. The van der Waals surface area contributed by atoms with E-state index in [4.69, 9.17) is 8.89 Å². The summed E-state index contributed by atoms with van der Waals surface area (Å²) in [5.41, 5.74) is -1.21. The van der Waals surface area contributed by atoms with Crippen LogP contribution in [0, 0.1) is 21.3 Å². The molecule has 1 unspecified atom stereocenters. The molecule has 36 heavy (non-hydrogen) atoms. The monoisotopic (exact) mass is 537 g/mol. The Morgan fingerprint density at radius 2 is 1.58 bits per heavy atom. The van der Waals surface area contributed by atoms with Crippen LogP contribution in [0.15, 0.2) is 83.3 Å². The SMILES string of the molecule is CC(C)(C)CC(C)(C)N=S(=NS(=O)(=O)c1ccc([N+](=O)[O-])cc1)(Nc1ccon1)c1ccc(F)cc1. The Morgan fingerprint density at radius 3 is 2.08 bits per heavy atom. The molecule has 0 spiro atoms. The molecule has 0 aliphatic rings. The maximum absolute atomic E-state index is 13.8. The summed E-state index contributed by atoms with van der Waals surface area (Å²) in [7, 11) is -7.60. The molecular formula is C23H28FN5O5S2. The molecule has 194 valence electrons. The van der Waals surface area contributed by atoms with Crippen LogP contribution >= 0.6 is 0 Å². The summed E-state index contributed by atoms with van der Waals surface area (Å²) in [5.74, 6) is -0.326. The van der Waals surface area contributed by atoms with Crippen molar-refractivity contribution in [1.29, 1.82) is 0 Å². The quantitative estimate of drug-likeness (QED) is 0.265. The van der Waals surface area contributed by atoms with E-state index < -0.39 is 36.1 Å². The lowest BCUT2D eigenvalue weighted by atomic mass is 9.82. The third kappa shape index (κ3) is 6.88. The summed E-state index contributed by atoms with van der Waals surface area (Å²) in [5, 5.41) is 14.9. The van der Waals surface area contributed by atoms with Gasteiger partial charge in [0.1, 0.15) is 12.1 Å². The van der Waals surface area contributed by atoms with Crippen molar-refractivity contribution in [1.82, 2.24) is 5.16 Å². The van der Waals surface area contributed by atoms with E-state index in [9.17, 15) is 22.9 Å². The second-order valence-corrected chi connectivity index (χ2v) is 13.9. The number of anilines is 1. The van der Waals surface area contributed by atoms with Crippen LogP contribution in [0.25, 0.3) is 0 Å². The van der Waals surface area contributed by atoms with Gasteiger partial charge in [-0.15, -0.1) is 3.77 Å². The summed E-state index contributed by atoms with van der Waals surface area (Å²) >= 11 is 0. The molecule has 13 heteroatoms. The summed E-state index contributed by atoms with van der Waals surface area (Å²) in [6.07, 6.45) is 1.88. The molecule has 1 atom stereocenters. The Morgan fingerprint density at radius 1 is 1.00 bits per heavy atom. The van der Waals surface area contributed by atoms with E-state index >= 15 is 0 Å². The van der Waals surface area contributed by atoms with Gasteiger partial charge in [0.05, 0.1) is 25.2 Å². The van der Waals surface area contributed by atoms with Crippen molar-refractivity contribution in [3.63, 3.8) is 0 Å². The van der Waals surface area contributed by atoms with Gasteiger partial charge in [-0.3, -0.25) is 14.8 Å². The Bertz CT molecular complexity index is 1450. The van der Waals surface area contributed by atoms with Gasteiger partial charge in [-0.2, -0.15) is 8.42 Å². The molecule has 0 amide bonds. The van der Waals surface area contributed by atoms with Crippen molar-refractivity contribution < 1.29 is 22.3 Å². The standard InChI is InChI=1S/C23H28FN5O5S2/c1-22(2,3)16-23(4,5)27-35(26-21-14-15-34-25-21,19-10-6-17(24)7-11-19)28-36(32,33)20-12-8-18(9-13-20)29(30)31/h6-15H,16H2,1-5H3,(H,25,26,27,28). The van der Waals surface area contributed by atoms with Gasteiger partial charge in [-0.05, 0) is 62.1 Å². The number of sulfonamides is 1. The van der Waals surface area contributed by atoms with Crippen LogP contribution in [0.3, 0.4) is 0 Å². The first-order chi connectivity index (χ1) is 16.6. The van der Waals surface area contributed by atoms with Gasteiger partial charge >= 0.3 is 0 Å². The zero-order valence-electron chi connectivity index (χ0n) is 20.5. The van der Waals surface area contributed by atoms with Gasteiger partial charge in [0.15, 0.2) is 5.82 Å². The van der Waals surface area contributed by atoms with Crippen molar-refractivity contribution in [2.45, 2.75) is 56.4 Å². The minimum Gasteiger partial charge on any atom is -0.363 e. The van der Waals surface area contributed by atoms with Crippen LogP contribution in [-0.4, -0.2) is 24.0 Å². The second-order valence-electron chi connectivity index (χ2n) is 9.93. The van der Waals surface area contributed by atoms with Crippen molar-refractivity contribution in [3.05, 3.63) is 76.8 Å². The first kappa shape index (κ1) is 27.3. The maximum atomic E-state index is 13.8. The molecule has 0 radical (unpaired) electrons. The van der Waals surface area contributed by atoms with E-state index in [0.29, 0.717) is 11.3 Å². The first-order valence-corrected chi connectivity index (χ1v) is 13.8. The molecule has 0 saturated carbocycles. The van der Waals surface area contributed by atoms with E-state index in [1.165, 1.54) is 36.6 Å². The molecule has 3 aromatic rings. The fourth-order valence-electron chi connectivity index (χ4n) is 3.86. The lowest BCUT2D eigenvalue weighted by molar-refractivity contribution is -0.384. The fraction of sp³-hybridized carbons (Fsp3) is 0.348. The summed E-state index contributed by atoms with van der Waals surface area (Å²) in [6.45, 7) is 9.84. The zero-order valence-corrected chi connectivity index (χ0v) is 22.1. The van der Waals surface area contributed by atoms with E-state index in [1.807, 2.05) is 34.6 Å². The molecule has 1 aromatic heterocycles. The summed E-state index contributed by atoms with van der Waals surface area (Å²) < 4.78 is 58.1.